The molecule has 2 aromatic rings. The van der Waals surface area contributed by atoms with Crippen LogP contribution in [0.15, 0.2) is 36.7 Å². The fraction of sp³-hybridized carbons (Fsp3) is 0.412. The van der Waals surface area contributed by atoms with Crippen molar-refractivity contribution in [1.29, 1.82) is 0 Å². The number of hydrogen-bond donors (Lipinski definition) is 0. The van der Waals surface area contributed by atoms with Crippen LogP contribution in [0.2, 0.25) is 0 Å². The van der Waals surface area contributed by atoms with Gasteiger partial charge in [-0.15, -0.1) is 11.8 Å². The minimum absolute atomic E-state index is 0.0270. The maximum absolute atomic E-state index is 12.9. The number of hydrogen-bond acceptors (Lipinski definition) is 8. The minimum Gasteiger partial charge on any atom is -0.459 e. The summed E-state index contributed by atoms with van der Waals surface area (Å²) in [5.41, 5.74) is 0.599. The number of esters is 1. The average molecular weight is 403 g/mol. The summed E-state index contributed by atoms with van der Waals surface area (Å²) in [5, 5.41) is 18.9. The van der Waals surface area contributed by atoms with Crippen LogP contribution in [-0.2, 0) is 27.5 Å². The Morgan fingerprint density at radius 2 is 2.04 bits per heavy atom. The number of rotatable bonds is 6. The molecule has 2 aliphatic heterocycles. The highest BCUT2D eigenvalue weighted by Gasteiger charge is 2.61. The zero-order valence-corrected chi connectivity index (χ0v) is 15.7. The molecule has 0 radical (unpaired) electrons. The van der Waals surface area contributed by atoms with Crippen LogP contribution in [0.1, 0.15) is 18.9 Å². The molecule has 0 bridgehead atoms. The van der Waals surface area contributed by atoms with Crippen LogP contribution in [0.4, 0.5) is 5.69 Å². The smallest absolute Gasteiger partial charge is 0.330 e. The Morgan fingerprint density at radius 3 is 2.64 bits per heavy atom. The second-order valence-electron chi connectivity index (χ2n) is 6.88. The molecule has 0 saturated carbocycles. The van der Waals surface area contributed by atoms with Gasteiger partial charge in [-0.05, 0) is 24.6 Å². The molecule has 1 aromatic carbocycles. The molecule has 28 heavy (non-hydrogen) atoms. The standard InChI is InChI=1S/C17H17N5O5S/c1-17(10-20-18-6-7-19-20)15(21-13(23)8-14(21)28-17)16(24)27-9-11-2-4-12(5-3-11)22(25)26/h2-7,14-15H,8-10H2,1H3/t14-,15?,17?/m1/s1. The lowest BCUT2D eigenvalue weighted by atomic mass is 9.96. The number of nitro benzene ring substituents is 1. The van der Waals surface area contributed by atoms with Crippen LogP contribution in [-0.4, -0.2) is 52.9 Å². The summed E-state index contributed by atoms with van der Waals surface area (Å²) in [6.07, 6.45) is 3.52. The van der Waals surface area contributed by atoms with E-state index in [4.69, 9.17) is 4.74 Å². The molecule has 2 aliphatic rings. The zero-order chi connectivity index (χ0) is 19.9. The normalized spacial score (nSPS) is 25.9. The molecule has 2 fully saturated rings. The van der Waals surface area contributed by atoms with E-state index in [0.29, 0.717) is 18.5 Å². The Balaban J connectivity index is 1.48. The maximum Gasteiger partial charge on any atom is 0.330 e. The number of β-lactam (4-membered cyclic amide) rings is 1. The van der Waals surface area contributed by atoms with E-state index in [2.05, 4.69) is 10.2 Å². The van der Waals surface area contributed by atoms with Crippen molar-refractivity contribution < 1.29 is 19.2 Å². The van der Waals surface area contributed by atoms with Crippen molar-refractivity contribution in [3.05, 3.63) is 52.3 Å². The van der Waals surface area contributed by atoms with E-state index >= 15 is 0 Å². The molecule has 11 heteroatoms. The lowest BCUT2D eigenvalue weighted by Crippen LogP contribution is -2.58. The highest BCUT2D eigenvalue weighted by Crippen LogP contribution is 2.51. The van der Waals surface area contributed by atoms with Crippen molar-refractivity contribution in [3.8, 4) is 0 Å². The molecule has 3 heterocycles. The van der Waals surface area contributed by atoms with Crippen molar-refractivity contribution in [1.82, 2.24) is 19.9 Å². The molecule has 2 saturated heterocycles. The van der Waals surface area contributed by atoms with Crippen molar-refractivity contribution >= 4 is 29.3 Å². The van der Waals surface area contributed by atoms with Gasteiger partial charge >= 0.3 is 5.97 Å². The van der Waals surface area contributed by atoms with Crippen molar-refractivity contribution in [3.63, 3.8) is 0 Å². The molecule has 2 unspecified atom stereocenters. The van der Waals surface area contributed by atoms with Crippen molar-refractivity contribution in [2.24, 2.45) is 0 Å². The second-order valence-corrected chi connectivity index (χ2v) is 8.60. The lowest BCUT2D eigenvalue weighted by Gasteiger charge is -2.37. The number of benzene rings is 1. The largest absolute Gasteiger partial charge is 0.459 e. The van der Waals surface area contributed by atoms with E-state index in [1.807, 2.05) is 6.92 Å². The lowest BCUT2D eigenvalue weighted by molar-refractivity contribution is -0.384. The maximum atomic E-state index is 12.9. The number of nitro groups is 1. The van der Waals surface area contributed by atoms with Crippen LogP contribution >= 0.6 is 11.8 Å². The monoisotopic (exact) mass is 403 g/mol. The van der Waals surface area contributed by atoms with E-state index in [1.54, 1.807) is 41.2 Å². The number of ether oxygens (including phenoxy) is 1. The molecule has 3 atom stereocenters. The fourth-order valence-electron chi connectivity index (χ4n) is 3.52. The highest BCUT2D eigenvalue weighted by molar-refractivity contribution is 8.01. The third kappa shape index (κ3) is 3.21. The van der Waals surface area contributed by atoms with Crippen LogP contribution in [0, 0.1) is 10.1 Å². The summed E-state index contributed by atoms with van der Waals surface area (Å²) in [5.74, 6) is -0.581. The van der Waals surface area contributed by atoms with Gasteiger partial charge in [-0.3, -0.25) is 14.9 Å². The first-order valence-electron chi connectivity index (χ1n) is 8.60. The Hall–Kier alpha value is -2.95. The number of thioether (sulfide) groups is 1. The Morgan fingerprint density at radius 1 is 1.36 bits per heavy atom. The van der Waals surface area contributed by atoms with Gasteiger partial charge < -0.3 is 9.64 Å². The predicted molar refractivity (Wildman–Crippen MR) is 97.9 cm³/mol. The molecule has 0 spiro atoms. The average Bonchev–Trinajstić information content (AvgIpc) is 3.24. The first kappa shape index (κ1) is 18.4. The Bertz CT molecular complexity index is 919. The van der Waals surface area contributed by atoms with Gasteiger partial charge in [0.25, 0.3) is 5.69 Å². The summed E-state index contributed by atoms with van der Waals surface area (Å²) in [7, 11) is 0. The summed E-state index contributed by atoms with van der Waals surface area (Å²) in [6.45, 7) is 2.24. The quantitative estimate of drug-likeness (QED) is 0.307. The molecule has 1 aromatic heterocycles. The predicted octanol–water partition coefficient (Wildman–Crippen LogP) is 1.36. The van der Waals surface area contributed by atoms with Gasteiger partial charge in [0.1, 0.15) is 12.6 Å². The molecule has 1 amide bonds. The van der Waals surface area contributed by atoms with Gasteiger partial charge in [0.2, 0.25) is 5.91 Å². The number of carbonyl (C=O) groups is 2. The first-order chi connectivity index (χ1) is 13.4. The van der Waals surface area contributed by atoms with Gasteiger partial charge in [0.15, 0.2) is 0 Å². The van der Waals surface area contributed by atoms with E-state index in [0.717, 1.165) is 0 Å². The summed E-state index contributed by atoms with van der Waals surface area (Å²) < 4.78 is 4.84. The zero-order valence-electron chi connectivity index (χ0n) is 14.9. The molecule has 4 rings (SSSR count). The van der Waals surface area contributed by atoms with Gasteiger partial charge in [0, 0.05) is 12.1 Å². The van der Waals surface area contributed by atoms with Crippen LogP contribution in [0.5, 0.6) is 0 Å². The Kier molecular flexibility index (Phi) is 4.53. The number of non-ortho nitro benzene ring substituents is 1. The van der Waals surface area contributed by atoms with E-state index in [-0.39, 0.29) is 23.6 Å². The molecular weight excluding hydrogens is 386 g/mol. The summed E-state index contributed by atoms with van der Waals surface area (Å²) in [6, 6.07) is 5.06. The Labute approximate surface area is 164 Å². The molecule has 146 valence electrons. The third-order valence-corrected chi connectivity index (χ3v) is 6.44. The van der Waals surface area contributed by atoms with Gasteiger partial charge in [0.05, 0.1) is 40.4 Å². The van der Waals surface area contributed by atoms with E-state index in [9.17, 15) is 19.7 Å². The SMILES string of the molecule is CC1(Cn2nccn2)S[C@@H]2CC(=O)N2C1C(=O)OCc1ccc([N+](=O)[O-])cc1. The number of amides is 1. The number of carbonyl (C=O) groups excluding carboxylic acids is 2. The van der Waals surface area contributed by atoms with Crippen molar-refractivity contribution in [2.45, 2.75) is 42.7 Å². The number of fused-ring (bicyclic) bond motifs is 1. The van der Waals surface area contributed by atoms with E-state index in [1.165, 1.54) is 16.9 Å². The minimum atomic E-state index is -0.743. The molecule has 0 aliphatic carbocycles. The third-order valence-electron chi connectivity index (χ3n) is 4.88. The summed E-state index contributed by atoms with van der Waals surface area (Å²) in [4.78, 5) is 38.3. The molecule has 0 N–H and O–H groups in total. The van der Waals surface area contributed by atoms with E-state index < -0.39 is 21.7 Å². The van der Waals surface area contributed by atoms with Gasteiger partial charge in [-0.2, -0.15) is 15.0 Å². The highest BCUT2D eigenvalue weighted by atomic mass is 32.2. The molecular formula is C17H17N5O5S. The second kappa shape index (κ2) is 6.89. The first-order valence-corrected chi connectivity index (χ1v) is 9.48. The van der Waals surface area contributed by atoms with Crippen LogP contribution in [0.3, 0.4) is 0 Å². The number of aromatic nitrogens is 3. The van der Waals surface area contributed by atoms with Gasteiger partial charge in [-0.1, -0.05) is 0 Å². The van der Waals surface area contributed by atoms with Gasteiger partial charge in [-0.25, -0.2) is 4.79 Å². The number of nitrogens with zero attached hydrogens (tertiary/aromatic N) is 5. The van der Waals surface area contributed by atoms with Crippen LogP contribution < -0.4 is 0 Å². The topological polar surface area (TPSA) is 120 Å². The molecule has 10 nitrogen and oxygen atoms in total. The summed E-state index contributed by atoms with van der Waals surface area (Å²) >= 11 is 1.56. The van der Waals surface area contributed by atoms with Crippen molar-refractivity contribution in [2.75, 3.05) is 0 Å². The van der Waals surface area contributed by atoms with Crippen LogP contribution in [0.25, 0.3) is 0 Å². The fourth-order valence-corrected chi connectivity index (χ4v) is 5.25.